The largest absolute Gasteiger partial charge is 0.353 e. The third-order valence-electron chi connectivity index (χ3n) is 6.05. The van der Waals surface area contributed by atoms with Crippen molar-refractivity contribution in [2.45, 2.75) is 26.3 Å². The quantitative estimate of drug-likeness (QED) is 0.384. The van der Waals surface area contributed by atoms with Gasteiger partial charge in [-0.2, -0.15) is 5.10 Å². The Kier molecular flexibility index (Phi) is 7.74. The Morgan fingerprint density at radius 2 is 1.69 bits per heavy atom. The summed E-state index contributed by atoms with van der Waals surface area (Å²) in [7, 11) is 0. The van der Waals surface area contributed by atoms with Gasteiger partial charge >= 0.3 is 0 Å². The standard InChI is InChI=1S/C26H30N6O4/c1-19(2)27-24(33)18-29-12-14-30(15-13-29)25(34)16-21-17-31(22-6-4-3-5-7-22)28-26(21)20-8-10-23(11-9-20)32(35)36/h3-11,17,19H,12-16,18H2,1-2H3,(H,27,33). The van der Waals surface area contributed by atoms with Crippen LogP contribution >= 0.6 is 0 Å². The number of para-hydroxylation sites is 1. The number of piperazine rings is 1. The second-order valence-electron chi connectivity index (χ2n) is 9.14. The molecule has 1 aromatic heterocycles. The van der Waals surface area contributed by atoms with Gasteiger partial charge in [0.05, 0.1) is 29.3 Å². The lowest BCUT2D eigenvalue weighted by atomic mass is 10.0. The van der Waals surface area contributed by atoms with Gasteiger partial charge in [-0.15, -0.1) is 0 Å². The number of carbonyl (C=O) groups excluding carboxylic acids is 2. The molecule has 188 valence electrons. The van der Waals surface area contributed by atoms with Crippen molar-refractivity contribution in [2.24, 2.45) is 0 Å². The van der Waals surface area contributed by atoms with Gasteiger partial charge in [0.1, 0.15) is 0 Å². The number of nitro groups is 1. The number of non-ortho nitro benzene ring substituents is 1. The van der Waals surface area contributed by atoms with Gasteiger partial charge in [-0.25, -0.2) is 4.68 Å². The summed E-state index contributed by atoms with van der Waals surface area (Å²) < 4.78 is 1.73. The molecule has 0 spiro atoms. The minimum atomic E-state index is -0.442. The van der Waals surface area contributed by atoms with Gasteiger partial charge in [0, 0.05) is 61.7 Å². The Morgan fingerprint density at radius 3 is 2.31 bits per heavy atom. The van der Waals surface area contributed by atoms with Gasteiger partial charge in [-0.1, -0.05) is 18.2 Å². The molecule has 4 rings (SSSR count). The normalized spacial score (nSPS) is 14.1. The first kappa shape index (κ1) is 25.1. The van der Waals surface area contributed by atoms with Crippen LogP contribution in [0.1, 0.15) is 19.4 Å². The predicted molar refractivity (Wildman–Crippen MR) is 136 cm³/mol. The molecule has 0 radical (unpaired) electrons. The Labute approximate surface area is 209 Å². The van der Waals surface area contributed by atoms with Crippen LogP contribution in [0.15, 0.2) is 60.8 Å². The number of hydrogen-bond donors (Lipinski definition) is 1. The van der Waals surface area contributed by atoms with Crippen molar-refractivity contribution in [1.29, 1.82) is 0 Å². The number of nitro benzene ring substituents is 1. The van der Waals surface area contributed by atoms with Gasteiger partial charge < -0.3 is 10.2 Å². The van der Waals surface area contributed by atoms with Crippen molar-refractivity contribution in [3.63, 3.8) is 0 Å². The van der Waals surface area contributed by atoms with Gasteiger partial charge in [0.15, 0.2) is 0 Å². The highest BCUT2D eigenvalue weighted by atomic mass is 16.6. The lowest BCUT2D eigenvalue weighted by Gasteiger charge is -2.34. The molecule has 10 nitrogen and oxygen atoms in total. The van der Waals surface area contributed by atoms with Crippen LogP contribution in [0.2, 0.25) is 0 Å². The van der Waals surface area contributed by atoms with E-state index in [-0.39, 0.29) is 30.0 Å². The monoisotopic (exact) mass is 490 g/mol. The molecule has 0 saturated carbocycles. The van der Waals surface area contributed by atoms with Crippen molar-refractivity contribution in [3.05, 3.63) is 76.5 Å². The Hall–Kier alpha value is -4.05. The fraction of sp³-hybridized carbons (Fsp3) is 0.346. The summed E-state index contributed by atoms with van der Waals surface area (Å²) >= 11 is 0. The summed E-state index contributed by atoms with van der Waals surface area (Å²) in [4.78, 5) is 39.8. The third-order valence-corrected chi connectivity index (χ3v) is 6.05. The lowest BCUT2D eigenvalue weighted by Crippen LogP contribution is -2.51. The molecule has 2 aromatic carbocycles. The van der Waals surface area contributed by atoms with Gasteiger partial charge in [0.2, 0.25) is 11.8 Å². The second kappa shape index (κ2) is 11.1. The SMILES string of the molecule is CC(C)NC(=O)CN1CCN(C(=O)Cc2cn(-c3ccccc3)nc2-c2ccc([N+](=O)[O-])cc2)CC1. The molecular formula is C26H30N6O4. The van der Waals surface area contributed by atoms with Crippen LogP contribution in [0.4, 0.5) is 5.69 Å². The van der Waals surface area contributed by atoms with Crippen LogP contribution < -0.4 is 5.32 Å². The molecule has 0 bridgehead atoms. The van der Waals surface area contributed by atoms with E-state index in [1.165, 1.54) is 12.1 Å². The molecule has 36 heavy (non-hydrogen) atoms. The molecule has 2 heterocycles. The zero-order valence-corrected chi connectivity index (χ0v) is 20.5. The van der Waals surface area contributed by atoms with E-state index in [0.29, 0.717) is 44.0 Å². The lowest BCUT2D eigenvalue weighted by molar-refractivity contribution is -0.384. The van der Waals surface area contributed by atoms with Crippen LogP contribution in [-0.4, -0.2) is 75.1 Å². The van der Waals surface area contributed by atoms with E-state index in [9.17, 15) is 19.7 Å². The molecule has 2 amide bonds. The first-order chi connectivity index (χ1) is 17.3. The van der Waals surface area contributed by atoms with Crippen molar-refractivity contribution >= 4 is 17.5 Å². The second-order valence-corrected chi connectivity index (χ2v) is 9.14. The highest BCUT2D eigenvalue weighted by Crippen LogP contribution is 2.26. The summed E-state index contributed by atoms with van der Waals surface area (Å²) in [5.74, 6) is -0.0251. The van der Waals surface area contributed by atoms with Crippen LogP contribution in [0.5, 0.6) is 0 Å². The fourth-order valence-electron chi connectivity index (χ4n) is 4.24. The number of aromatic nitrogens is 2. The summed E-state index contributed by atoms with van der Waals surface area (Å²) in [5.41, 5.74) is 2.92. The molecule has 3 aromatic rings. The predicted octanol–water partition coefficient (Wildman–Crippen LogP) is 2.66. The van der Waals surface area contributed by atoms with E-state index in [2.05, 4.69) is 10.2 Å². The minimum absolute atomic E-state index is 0.00110. The molecule has 1 aliphatic heterocycles. The number of amides is 2. The zero-order chi connectivity index (χ0) is 25.7. The first-order valence-electron chi connectivity index (χ1n) is 12.0. The molecule has 0 unspecified atom stereocenters. The zero-order valence-electron chi connectivity index (χ0n) is 20.5. The average Bonchev–Trinajstić information content (AvgIpc) is 3.28. The van der Waals surface area contributed by atoms with E-state index in [1.807, 2.05) is 55.3 Å². The van der Waals surface area contributed by atoms with E-state index in [4.69, 9.17) is 5.10 Å². The number of hydrogen-bond acceptors (Lipinski definition) is 6. The maximum atomic E-state index is 13.2. The maximum Gasteiger partial charge on any atom is 0.269 e. The average molecular weight is 491 g/mol. The number of benzene rings is 2. The van der Waals surface area contributed by atoms with Crippen molar-refractivity contribution in [1.82, 2.24) is 24.9 Å². The smallest absolute Gasteiger partial charge is 0.269 e. The number of rotatable bonds is 8. The first-order valence-corrected chi connectivity index (χ1v) is 12.0. The number of nitrogens with one attached hydrogen (secondary N) is 1. The Morgan fingerprint density at radius 1 is 1.03 bits per heavy atom. The summed E-state index contributed by atoms with van der Waals surface area (Å²) in [6, 6.07) is 15.9. The minimum Gasteiger partial charge on any atom is -0.353 e. The van der Waals surface area contributed by atoms with Crippen LogP contribution in [0, 0.1) is 10.1 Å². The van der Waals surface area contributed by atoms with E-state index >= 15 is 0 Å². The maximum absolute atomic E-state index is 13.2. The van der Waals surface area contributed by atoms with Crippen molar-refractivity contribution < 1.29 is 14.5 Å². The van der Waals surface area contributed by atoms with Crippen LogP contribution in [-0.2, 0) is 16.0 Å². The molecule has 0 atom stereocenters. The molecular weight excluding hydrogens is 460 g/mol. The van der Waals surface area contributed by atoms with Crippen LogP contribution in [0.25, 0.3) is 16.9 Å². The van der Waals surface area contributed by atoms with Gasteiger partial charge in [-0.3, -0.25) is 24.6 Å². The topological polar surface area (TPSA) is 114 Å². The van der Waals surface area contributed by atoms with Gasteiger partial charge in [0.25, 0.3) is 5.69 Å². The fourth-order valence-corrected chi connectivity index (χ4v) is 4.24. The Balaban J connectivity index is 1.49. The van der Waals surface area contributed by atoms with E-state index < -0.39 is 4.92 Å². The number of nitrogens with zero attached hydrogens (tertiary/aromatic N) is 5. The molecule has 1 aliphatic rings. The van der Waals surface area contributed by atoms with Gasteiger partial charge in [-0.05, 0) is 38.1 Å². The highest BCUT2D eigenvalue weighted by Gasteiger charge is 2.24. The molecule has 1 fully saturated rings. The molecule has 10 heteroatoms. The number of carbonyl (C=O) groups is 2. The summed E-state index contributed by atoms with van der Waals surface area (Å²) in [5, 5.41) is 18.7. The van der Waals surface area contributed by atoms with Crippen molar-refractivity contribution in [3.8, 4) is 16.9 Å². The van der Waals surface area contributed by atoms with Crippen molar-refractivity contribution in [2.75, 3.05) is 32.7 Å². The van der Waals surface area contributed by atoms with E-state index in [1.54, 1.807) is 16.8 Å². The molecule has 1 saturated heterocycles. The summed E-state index contributed by atoms with van der Waals surface area (Å²) in [6.07, 6.45) is 2.00. The highest BCUT2D eigenvalue weighted by molar-refractivity contribution is 5.82. The Bertz CT molecular complexity index is 1210. The molecule has 0 aliphatic carbocycles. The third kappa shape index (κ3) is 6.14. The molecule has 1 N–H and O–H groups in total. The van der Waals surface area contributed by atoms with Crippen LogP contribution in [0.3, 0.4) is 0 Å². The van der Waals surface area contributed by atoms with E-state index in [0.717, 1.165) is 11.3 Å². The summed E-state index contributed by atoms with van der Waals surface area (Å²) in [6.45, 7) is 6.56.